The molecule has 0 aromatic carbocycles. The zero-order chi connectivity index (χ0) is 14.7. The van der Waals surface area contributed by atoms with Gasteiger partial charge in [-0.15, -0.1) is 0 Å². The molecular weight excluding hydrogens is 240 g/mol. The predicted octanol–water partition coefficient (Wildman–Crippen LogP) is 1.56. The first-order valence-electron chi connectivity index (χ1n) is 7.72. The Kier molecular flexibility index (Phi) is 11.6. The minimum absolute atomic E-state index is 0.266. The molecule has 2 unspecified atom stereocenters. The minimum Gasteiger partial charge on any atom is -0.392 e. The first kappa shape index (κ1) is 18.8. The maximum absolute atomic E-state index is 9.94. The maximum atomic E-state index is 9.94. The molecule has 19 heavy (non-hydrogen) atoms. The summed E-state index contributed by atoms with van der Waals surface area (Å²) in [4.78, 5) is 4.38. The number of rotatable bonds is 12. The molecular formula is C15H34N2O2. The lowest BCUT2D eigenvalue weighted by atomic mass is 10.1. The summed E-state index contributed by atoms with van der Waals surface area (Å²) in [5, 5.41) is 19.9. The lowest BCUT2D eigenvalue weighted by Crippen LogP contribution is -2.39. The van der Waals surface area contributed by atoms with Crippen molar-refractivity contribution in [3.63, 3.8) is 0 Å². The summed E-state index contributed by atoms with van der Waals surface area (Å²) in [5.74, 6) is 0. The summed E-state index contributed by atoms with van der Waals surface area (Å²) < 4.78 is 0. The van der Waals surface area contributed by atoms with E-state index in [9.17, 15) is 10.2 Å². The van der Waals surface area contributed by atoms with Crippen molar-refractivity contribution in [2.24, 2.45) is 0 Å². The SMILES string of the molecule is CCCC(O)CN(CCCN(C)C)CC(O)CCC. The second-order valence-electron chi connectivity index (χ2n) is 5.80. The van der Waals surface area contributed by atoms with Gasteiger partial charge in [0.25, 0.3) is 0 Å². The summed E-state index contributed by atoms with van der Waals surface area (Å²) in [6.45, 7) is 7.53. The Hall–Kier alpha value is -0.160. The van der Waals surface area contributed by atoms with E-state index < -0.39 is 0 Å². The van der Waals surface area contributed by atoms with Gasteiger partial charge in [0.2, 0.25) is 0 Å². The first-order chi connectivity index (χ1) is 8.99. The van der Waals surface area contributed by atoms with Gasteiger partial charge in [-0.05, 0) is 46.4 Å². The molecule has 0 radical (unpaired) electrons. The van der Waals surface area contributed by atoms with E-state index in [0.29, 0.717) is 13.1 Å². The second-order valence-corrected chi connectivity index (χ2v) is 5.80. The molecule has 0 aliphatic rings. The molecule has 0 aliphatic heterocycles. The van der Waals surface area contributed by atoms with Crippen LogP contribution in [0.5, 0.6) is 0 Å². The fourth-order valence-corrected chi connectivity index (χ4v) is 2.31. The van der Waals surface area contributed by atoms with Gasteiger partial charge in [0.05, 0.1) is 12.2 Å². The Morgan fingerprint density at radius 3 is 1.68 bits per heavy atom. The average Bonchev–Trinajstić information content (AvgIpc) is 2.28. The Bertz CT molecular complexity index is 187. The fraction of sp³-hybridized carbons (Fsp3) is 1.00. The van der Waals surface area contributed by atoms with E-state index in [1.807, 2.05) is 0 Å². The molecule has 0 rings (SSSR count). The van der Waals surface area contributed by atoms with Gasteiger partial charge >= 0.3 is 0 Å². The largest absolute Gasteiger partial charge is 0.392 e. The summed E-state index contributed by atoms with van der Waals surface area (Å²) in [7, 11) is 4.14. The average molecular weight is 274 g/mol. The number of nitrogens with zero attached hydrogens (tertiary/aromatic N) is 2. The molecule has 0 spiro atoms. The van der Waals surface area contributed by atoms with E-state index in [1.165, 1.54) is 0 Å². The van der Waals surface area contributed by atoms with E-state index in [4.69, 9.17) is 0 Å². The number of aliphatic hydroxyl groups excluding tert-OH is 2. The van der Waals surface area contributed by atoms with Crippen molar-refractivity contribution < 1.29 is 10.2 Å². The molecule has 0 amide bonds. The van der Waals surface area contributed by atoms with Crippen LogP contribution in [0.15, 0.2) is 0 Å². The minimum atomic E-state index is -0.266. The molecule has 4 heteroatoms. The quantitative estimate of drug-likeness (QED) is 0.567. The highest BCUT2D eigenvalue weighted by Crippen LogP contribution is 2.05. The molecule has 0 heterocycles. The highest BCUT2D eigenvalue weighted by Gasteiger charge is 2.14. The zero-order valence-electron chi connectivity index (χ0n) is 13.3. The molecule has 0 saturated carbocycles. The van der Waals surface area contributed by atoms with Gasteiger partial charge in [-0.25, -0.2) is 0 Å². The van der Waals surface area contributed by atoms with Crippen LogP contribution >= 0.6 is 0 Å². The van der Waals surface area contributed by atoms with Gasteiger partial charge in [0.1, 0.15) is 0 Å². The van der Waals surface area contributed by atoms with Gasteiger partial charge in [-0.1, -0.05) is 26.7 Å². The van der Waals surface area contributed by atoms with E-state index in [2.05, 4.69) is 37.7 Å². The molecule has 116 valence electrons. The second kappa shape index (κ2) is 11.6. The first-order valence-corrected chi connectivity index (χ1v) is 7.72. The van der Waals surface area contributed by atoms with Crippen molar-refractivity contribution in [2.45, 2.75) is 58.2 Å². The molecule has 0 saturated heterocycles. The van der Waals surface area contributed by atoms with E-state index in [-0.39, 0.29) is 12.2 Å². The summed E-state index contributed by atoms with van der Waals surface area (Å²) in [6.07, 6.45) is 4.23. The van der Waals surface area contributed by atoms with Gasteiger partial charge < -0.3 is 15.1 Å². The number of hydrogen-bond donors (Lipinski definition) is 2. The third-order valence-corrected chi connectivity index (χ3v) is 3.26. The Balaban J connectivity index is 4.12. The van der Waals surface area contributed by atoms with Crippen LogP contribution in [0.2, 0.25) is 0 Å². The highest BCUT2D eigenvalue weighted by molar-refractivity contribution is 4.69. The van der Waals surface area contributed by atoms with Crippen molar-refractivity contribution in [1.82, 2.24) is 9.80 Å². The molecule has 0 aromatic heterocycles. The molecule has 0 bridgehead atoms. The molecule has 2 N–H and O–H groups in total. The van der Waals surface area contributed by atoms with Gasteiger partial charge in [0.15, 0.2) is 0 Å². The van der Waals surface area contributed by atoms with Crippen molar-refractivity contribution >= 4 is 0 Å². The van der Waals surface area contributed by atoms with Crippen molar-refractivity contribution in [1.29, 1.82) is 0 Å². The van der Waals surface area contributed by atoms with Crippen LogP contribution in [-0.4, -0.2) is 72.5 Å². The zero-order valence-corrected chi connectivity index (χ0v) is 13.3. The molecule has 0 fully saturated rings. The standard InChI is InChI=1S/C15H34N2O2/c1-5-8-14(18)12-17(11-7-10-16(3)4)13-15(19)9-6-2/h14-15,18-19H,5-13H2,1-4H3. The van der Waals surface area contributed by atoms with Gasteiger partial charge in [-0.3, -0.25) is 4.90 Å². The molecule has 0 aromatic rings. The summed E-state index contributed by atoms with van der Waals surface area (Å²) in [5.41, 5.74) is 0. The lowest BCUT2D eigenvalue weighted by molar-refractivity contribution is 0.0606. The maximum Gasteiger partial charge on any atom is 0.0667 e. The van der Waals surface area contributed by atoms with Crippen LogP contribution in [-0.2, 0) is 0 Å². The van der Waals surface area contributed by atoms with Crippen molar-refractivity contribution in [2.75, 3.05) is 40.3 Å². The Labute approximate surface area is 119 Å². The monoisotopic (exact) mass is 274 g/mol. The lowest BCUT2D eigenvalue weighted by Gasteiger charge is -2.27. The normalized spacial score (nSPS) is 15.2. The Morgan fingerprint density at radius 2 is 1.32 bits per heavy atom. The van der Waals surface area contributed by atoms with Crippen LogP contribution in [0.4, 0.5) is 0 Å². The third kappa shape index (κ3) is 11.4. The van der Waals surface area contributed by atoms with Gasteiger partial charge in [0, 0.05) is 13.1 Å². The van der Waals surface area contributed by atoms with Crippen LogP contribution in [0.25, 0.3) is 0 Å². The molecule has 2 atom stereocenters. The van der Waals surface area contributed by atoms with Gasteiger partial charge in [-0.2, -0.15) is 0 Å². The van der Waals surface area contributed by atoms with Crippen LogP contribution in [0, 0.1) is 0 Å². The topological polar surface area (TPSA) is 46.9 Å². The fourth-order valence-electron chi connectivity index (χ4n) is 2.31. The number of hydrogen-bond acceptors (Lipinski definition) is 4. The molecule has 0 aliphatic carbocycles. The van der Waals surface area contributed by atoms with Crippen LogP contribution < -0.4 is 0 Å². The third-order valence-electron chi connectivity index (χ3n) is 3.26. The van der Waals surface area contributed by atoms with Crippen molar-refractivity contribution in [3.8, 4) is 0 Å². The summed E-state index contributed by atoms with van der Waals surface area (Å²) in [6, 6.07) is 0. The highest BCUT2D eigenvalue weighted by atomic mass is 16.3. The summed E-state index contributed by atoms with van der Waals surface area (Å²) >= 11 is 0. The number of aliphatic hydroxyl groups is 2. The molecule has 4 nitrogen and oxygen atoms in total. The van der Waals surface area contributed by atoms with Crippen molar-refractivity contribution in [3.05, 3.63) is 0 Å². The van der Waals surface area contributed by atoms with E-state index in [1.54, 1.807) is 0 Å². The van der Waals surface area contributed by atoms with Crippen LogP contribution in [0.3, 0.4) is 0 Å². The van der Waals surface area contributed by atoms with Crippen LogP contribution in [0.1, 0.15) is 46.0 Å². The predicted molar refractivity (Wildman–Crippen MR) is 81.4 cm³/mol. The Morgan fingerprint density at radius 1 is 0.842 bits per heavy atom. The smallest absolute Gasteiger partial charge is 0.0667 e. The van der Waals surface area contributed by atoms with E-state index >= 15 is 0 Å². The van der Waals surface area contributed by atoms with E-state index in [0.717, 1.165) is 45.2 Å².